The van der Waals surface area contributed by atoms with Gasteiger partial charge in [0.2, 0.25) is 0 Å². The monoisotopic (exact) mass is 231 g/mol. The van der Waals surface area contributed by atoms with Crippen LogP contribution >= 0.6 is 11.3 Å². The third-order valence-corrected chi connectivity index (χ3v) is 4.76. The Morgan fingerprint density at radius 3 is 2.81 bits per heavy atom. The van der Waals surface area contributed by atoms with Gasteiger partial charge in [-0.25, -0.2) is 0 Å². The Hall–Kier alpha value is -0.860. The third-order valence-electron chi connectivity index (χ3n) is 3.46. The van der Waals surface area contributed by atoms with Gasteiger partial charge in [-0.1, -0.05) is 24.6 Å². The van der Waals surface area contributed by atoms with Crippen molar-refractivity contribution in [3.63, 3.8) is 0 Å². The maximum absolute atomic E-state index is 3.70. The highest BCUT2D eigenvalue weighted by Gasteiger charge is 2.20. The summed E-state index contributed by atoms with van der Waals surface area (Å²) < 4.78 is 1.40. The number of hydrogen-bond acceptors (Lipinski definition) is 2. The molecule has 1 heterocycles. The summed E-state index contributed by atoms with van der Waals surface area (Å²) in [5.41, 5.74) is 0. The highest BCUT2D eigenvalue weighted by molar-refractivity contribution is 7.19. The molecule has 3 rings (SSSR count). The van der Waals surface area contributed by atoms with Crippen LogP contribution in [0.1, 0.15) is 37.1 Å². The summed E-state index contributed by atoms with van der Waals surface area (Å²) >= 11 is 1.92. The number of nitrogens with one attached hydrogen (secondary N) is 1. The van der Waals surface area contributed by atoms with Crippen LogP contribution in [-0.4, -0.2) is 6.04 Å². The van der Waals surface area contributed by atoms with E-state index >= 15 is 0 Å². The van der Waals surface area contributed by atoms with Gasteiger partial charge in [0.15, 0.2) is 0 Å². The van der Waals surface area contributed by atoms with Crippen molar-refractivity contribution in [1.82, 2.24) is 5.32 Å². The van der Waals surface area contributed by atoms with E-state index in [-0.39, 0.29) is 0 Å². The first-order valence-electron chi connectivity index (χ1n) is 6.07. The molecule has 0 aliphatic heterocycles. The molecule has 2 aromatic rings. The van der Waals surface area contributed by atoms with E-state index in [1.165, 1.54) is 34.2 Å². The van der Waals surface area contributed by atoms with E-state index in [0.29, 0.717) is 6.04 Å². The van der Waals surface area contributed by atoms with Crippen LogP contribution in [0.25, 0.3) is 10.1 Å². The van der Waals surface area contributed by atoms with E-state index in [1.54, 1.807) is 0 Å². The second-order valence-electron chi connectivity index (χ2n) is 4.70. The molecule has 2 heteroatoms. The van der Waals surface area contributed by atoms with Gasteiger partial charge >= 0.3 is 0 Å². The third kappa shape index (κ3) is 1.87. The maximum Gasteiger partial charge on any atom is 0.0388 e. The molecule has 1 aromatic carbocycles. The van der Waals surface area contributed by atoms with Gasteiger partial charge in [-0.2, -0.15) is 0 Å². The van der Waals surface area contributed by atoms with Gasteiger partial charge in [-0.05, 0) is 37.3 Å². The average Bonchev–Trinajstić information content (AvgIpc) is 2.66. The molecule has 1 nitrogen and oxygen atoms in total. The van der Waals surface area contributed by atoms with Crippen LogP contribution in [0.2, 0.25) is 0 Å². The molecule has 0 saturated heterocycles. The highest BCUT2D eigenvalue weighted by atomic mass is 32.1. The minimum absolute atomic E-state index is 0.502. The lowest BCUT2D eigenvalue weighted by molar-refractivity contribution is 0.315. The molecule has 16 heavy (non-hydrogen) atoms. The molecular weight excluding hydrogens is 214 g/mol. The number of thiophene rings is 1. The second kappa shape index (κ2) is 4.19. The molecule has 84 valence electrons. The zero-order valence-electron chi connectivity index (χ0n) is 9.57. The summed E-state index contributed by atoms with van der Waals surface area (Å²) in [5.74, 6) is 0. The molecule has 1 fully saturated rings. The van der Waals surface area contributed by atoms with E-state index in [1.807, 2.05) is 11.3 Å². The van der Waals surface area contributed by atoms with Crippen LogP contribution in [0, 0.1) is 0 Å². The predicted molar refractivity (Wildman–Crippen MR) is 71.0 cm³/mol. The molecule has 1 aliphatic carbocycles. The van der Waals surface area contributed by atoms with Crippen molar-refractivity contribution in [1.29, 1.82) is 0 Å². The average molecular weight is 231 g/mol. The van der Waals surface area contributed by atoms with Crippen molar-refractivity contribution in [2.45, 2.75) is 38.3 Å². The summed E-state index contributed by atoms with van der Waals surface area (Å²) in [6.07, 6.45) is 4.11. The summed E-state index contributed by atoms with van der Waals surface area (Å²) in [6, 6.07) is 12.2. The first-order valence-corrected chi connectivity index (χ1v) is 6.89. The van der Waals surface area contributed by atoms with Gasteiger partial charge in [-0.15, -0.1) is 11.3 Å². The van der Waals surface area contributed by atoms with E-state index in [4.69, 9.17) is 0 Å². The largest absolute Gasteiger partial charge is 0.307 e. The number of hydrogen-bond donors (Lipinski definition) is 1. The summed E-state index contributed by atoms with van der Waals surface area (Å²) in [6.45, 7) is 2.28. The molecule has 1 aliphatic rings. The van der Waals surface area contributed by atoms with Crippen molar-refractivity contribution in [2.24, 2.45) is 0 Å². The lowest BCUT2D eigenvalue weighted by Gasteiger charge is -2.29. The molecule has 0 radical (unpaired) electrons. The molecule has 1 saturated carbocycles. The van der Waals surface area contributed by atoms with E-state index < -0.39 is 0 Å². The van der Waals surface area contributed by atoms with Crippen LogP contribution in [-0.2, 0) is 0 Å². The quantitative estimate of drug-likeness (QED) is 0.838. The fourth-order valence-electron chi connectivity index (χ4n) is 2.23. The number of rotatable bonds is 3. The van der Waals surface area contributed by atoms with Gasteiger partial charge in [0.05, 0.1) is 0 Å². The number of fused-ring (bicyclic) bond motifs is 1. The lowest BCUT2D eigenvalue weighted by atomic mass is 9.92. The van der Waals surface area contributed by atoms with Crippen molar-refractivity contribution in [3.05, 3.63) is 35.2 Å². The van der Waals surface area contributed by atoms with Crippen molar-refractivity contribution >= 4 is 21.4 Å². The molecule has 1 N–H and O–H groups in total. The number of benzene rings is 1. The van der Waals surface area contributed by atoms with Crippen molar-refractivity contribution < 1.29 is 0 Å². The minimum atomic E-state index is 0.502. The Balaban J connectivity index is 1.81. The van der Waals surface area contributed by atoms with Gasteiger partial charge in [0, 0.05) is 21.7 Å². The topological polar surface area (TPSA) is 12.0 Å². The predicted octanol–water partition coefficient (Wildman–Crippen LogP) is 4.10. The van der Waals surface area contributed by atoms with Crippen LogP contribution < -0.4 is 5.32 Å². The SMILES string of the molecule is CC(NC1CCC1)c1cc2ccccc2s1. The Morgan fingerprint density at radius 2 is 2.12 bits per heavy atom. The van der Waals surface area contributed by atoms with E-state index in [0.717, 1.165) is 6.04 Å². The van der Waals surface area contributed by atoms with Crippen molar-refractivity contribution in [2.75, 3.05) is 0 Å². The van der Waals surface area contributed by atoms with Crippen LogP contribution in [0.3, 0.4) is 0 Å². The smallest absolute Gasteiger partial charge is 0.0388 e. The Labute approximate surface area is 100 Å². The fourth-order valence-corrected chi connectivity index (χ4v) is 3.30. The molecule has 0 spiro atoms. The summed E-state index contributed by atoms with van der Waals surface area (Å²) in [7, 11) is 0. The molecular formula is C14H17NS. The Morgan fingerprint density at radius 1 is 1.31 bits per heavy atom. The van der Waals surface area contributed by atoms with Gasteiger partial charge in [-0.3, -0.25) is 0 Å². The Kier molecular flexibility index (Phi) is 2.70. The van der Waals surface area contributed by atoms with Crippen LogP contribution in [0.5, 0.6) is 0 Å². The second-order valence-corrected chi connectivity index (χ2v) is 5.82. The van der Waals surface area contributed by atoms with Gasteiger partial charge in [0.1, 0.15) is 0 Å². The first-order chi connectivity index (χ1) is 7.83. The van der Waals surface area contributed by atoms with Crippen LogP contribution in [0.4, 0.5) is 0 Å². The Bertz CT molecular complexity index is 451. The molecule has 1 unspecified atom stereocenters. The van der Waals surface area contributed by atoms with E-state index in [2.05, 4.69) is 42.6 Å². The molecule has 0 amide bonds. The highest BCUT2D eigenvalue weighted by Crippen LogP contribution is 2.31. The summed E-state index contributed by atoms with van der Waals surface area (Å²) in [5, 5.41) is 5.08. The van der Waals surface area contributed by atoms with E-state index in [9.17, 15) is 0 Å². The van der Waals surface area contributed by atoms with Crippen LogP contribution in [0.15, 0.2) is 30.3 Å². The fraction of sp³-hybridized carbons (Fsp3) is 0.429. The summed E-state index contributed by atoms with van der Waals surface area (Å²) in [4.78, 5) is 1.47. The van der Waals surface area contributed by atoms with Gasteiger partial charge in [0.25, 0.3) is 0 Å². The normalized spacial score (nSPS) is 18.6. The zero-order valence-corrected chi connectivity index (χ0v) is 10.4. The van der Waals surface area contributed by atoms with Crippen molar-refractivity contribution in [3.8, 4) is 0 Å². The van der Waals surface area contributed by atoms with Gasteiger partial charge < -0.3 is 5.32 Å². The minimum Gasteiger partial charge on any atom is -0.307 e. The standard InChI is InChI=1S/C14H17NS/c1-10(15-12-6-4-7-12)14-9-11-5-2-3-8-13(11)16-14/h2-3,5,8-10,12,15H,4,6-7H2,1H3. The maximum atomic E-state index is 3.70. The lowest BCUT2D eigenvalue weighted by Crippen LogP contribution is -2.36. The molecule has 1 atom stereocenters. The molecule has 1 aromatic heterocycles. The molecule has 0 bridgehead atoms. The first kappa shape index (κ1) is 10.3. The zero-order chi connectivity index (χ0) is 11.0.